The number of hydrazine groups is 1. The molecule has 8 nitrogen and oxygen atoms in total. The maximum Gasteiger partial charge on any atom is 0.265 e. The molecule has 5 N–H and O–H groups in total. The lowest BCUT2D eigenvalue weighted by molar-refractivity contribution is 0.0953. The van der Waals surface area contributed by atoms with Gasteiger partial charge in [0.25, 0.3) is 5.91 Å². The number of benzene rings is 2. The number of nitrogens with one attached hydrogen (secondary N) is 3. The van der Waals surface area contributed by atoms with E-state index in [2.05, 4.69) is 43.1 Å². The fourth-order valence-electron chi connectivity index (χ4n) is 3.48. The minimum atomic E-state index is -0.588. The van der Waals surface area contributed by atoms with Gasteiger partial charge in [-0.15, -0.1) is 0 Å². The summed E-state index contributed by atoms with van der Waals surface area (Å²) >= 11 is 0. The van der Waals surface area contributed by atoms with Crippen molar-refractivity contribution in [1.29, 1.82) is 0 Å². The molecule has 4 rings (SSSR count). The molecule has 160 valence electrons. The molecule has 9 heteroatoms. The van der Waals surface area contributed by atoms with Gasteiger partial charge in [0.05, 0.1) is 6.20 Å². The van der Waals surface area contributed by atoms with Gasteiger partial charge in [-0.05, 0) is 67.8 Å². The number of rotatable bonds is 6. The standard InChI is InChI=1S/C22H24FN7O/c23-19-14-25-22(27-17-8-10-18(11-9-17)30-12-2-1-3-13-30)28-20(19)26-16-6-4-15(5-7-16)21(31)29-24/h4-11,14H,1-3,12-13,24H2,(H,29,31)(H2,25,26,27,28). The average molecular weight is 421 g/mol. The van der Waals surface area contributed by atoms with Crippen molar-refractivity contribution >= 4 is 34.7 Å². The first-order chi connectivity index (χ1) is 15.1. The van der Waals surface area contributed by atoms with Gasteiger partial charge in [0, 0.05) is 35.7 Å². The van der Waals surface area contributed by atoms with E-state index in [1.807, 2.05) is 12.1 Å². The number of carbonyl (C=O) groups excluding carboxylic acids is 1. The molecule has 1 fully saturated rings. The van der Waals surface area contributed by atoms with Crippen molar-refractivity contribution in [2.75, 3.05) is 28.6 Å². The molecule has 0 spiro atoms. The molecule has 1 aliphatic rings. The summed E-state index contributed by atoms with van der Waals surface area (Å²) in [7, 11) is 0. The SMILES string of the molecule is NNC(=O)c1ccc(Nc2nc(Nc3ccc(N4CCCCC4)cc3)ncc2F)cc1. The third kappa shape index (κ3) is 5.07. The second kappa shape index (κ2) is 9.40. The van der Waals surface area contributed by atoms with Crippen molar-refractivity contribution < 1.29 is 9.18 Å². The molecule has 0 atom stereocenters. The third-order valence-corrected chi connectivity index (χ3v) is 5.13. The third-order valence-electron chi connectivity index (χ3n) is 5.13. The summed E-state index contributed by atoms with van der Waals surface area (Å²) < 4.78 is 14.2. The number of nitrogen functional groups attached to an aromatic ring is 1. The molecule has 31 heavy (non-hydrogen) atoms. The Kier molecular flexibility index (Phi) is 6.23. The number of amides is 1. The van der Waals surface area contributed by atoms with Gasteiger partial charge in [0.15, 0.2) is 11.6 Å². The first-order valence-corrected chi connectivity index (χ1v) is 10.1. The largest absolute Gasteiger partial charge is 0.372 e. The van der Waals surface area contributed by atoms with Gasteiger partial charge in [-0.3, -0.25) is 10.2 Å². The highest BCUT2D eigenvalue weighted by molar-refractivity contribution is 5.94. The van der Waals surface area contributed by atoms with Crippen LogP contribution in [-0.2, 0) is 0 Å². The van der Waals surface area contributed by atoms with E-state index in [-0.39, 0.29) is 11.8 Å². The highest BCUT2D eigenvalue weighted by Gasteiger charge is 2.12. The van der Waals surface area contributed by atoms with E-state index in [0.29, 0.717) is 11.3 Å². The summed E-state index contributed by atoms with van der Waals surface area (Å²) in [6.45, 7) is 2.17. The van der Waals surface area contributed by atoms with Crippen LogP contribution in [0, 0.1) is 5.82 Å². The molecular weight excluding hydrogens is 397 g/mol. The van der Waals surface area contributed by atoms with Crippen molar-refractivity contribution in [3.8, 4) is 0 Å². The molecule has 0 saturated carbocycles. The van der Waals surface area contributed by atoms with Crippen molar-refractivity contribution in [2.24, 2.45) is 5.84 Å². The van der Waals surface area contributed by atoms with E-state index in [1.165, 1.54) is 24.9 Å². The molecule has 1 saturated heterocycles. The Bertz CT molecular complexity index is 1030. The Labute approximate surface area is 179 Å². The van der Waals surface area contributed by atoms with Crippen LogP contribution in [-0.4, -0.2) is 29.0 Å². The normalized spacial score (nSPS) is 13.5. The molecule has 2 heterocycles. The minimum Gasteiger partial charge on any atom is -0.372 e. The predicted octanol–water partition coefficient (Wildman–Crippen LogP) is 3.70. The number of aromatic nitrogens is 2. The molecular formula is C22H24FN7O. The van der Waals surface area contributed by atoms with Crippen LogP contribution in [0.25, 0.3) is 0 Å². The Morgan fingerprint density at radius 2 is 1.58 bits per heavy atom. The molecule has 2 aromatic carbocycles. The Morgan fingerprint density at radius 1 is 0.935 bits per heavy atom. The zero-order valence-corrected chi connectivity index (χ0v) is 16.9. The molecule has 0 radical (unpaired) electrons. The molecule has 0 unspecified atom stereocenters. The summed E-state index contributed by atoms with van der Waals surface area (Å²) in [6.07, 6.45) is 4.85. The second-order valence-corrected chi connectivity index (χ2v) is 7.29. The first kappa shape index (κ1) is 20.5. The van der Waals surface area contributed by atoms with Crippen LogP contribution in [0.1, 0.15) is 29.6 Å². The predicted molar refractivity (Wildman–Crippen MR) is 119 cm³/mol. The van der Waals surface area contributed by atoms with Gasteiger partial charge in [-0.25, -0.2) is 15.2 Å². The number of anilines is 5. The zero-order chi connectivity index (χ0) is 21.6. The Morgan fingerprint density at radius 3 is 2.26 bits per heavy atom. The fraction of sp³-hybridized carbons (Fsp3) is 0.227. The van der Waals surface area contributed by atoms with Gasteiger partial charge >= 0.3 is 0 Å². The van der Waals surface area contributed by atoms with Crippen LogP contribution in [0.3, 0.4) is 0 Å². The van der Waals surface area contributed by atoms with Crippen LogP contribution < -0.4 is 26.8 Å². The highest BCUT2D eigenvalue weighted by Crippen LogP contribution is 2.24. The number of nitrogens with zero attached hydrogens (tertiary/aromatic N) is 3. The number of hydrogen-bond donors (Lipinski definition) is 4. The first-order valence-electron chi connectivity index (χ1n) is 10.1. The summed E-state index contributed by atoms with van der Waals surface area (Å²) in [5.41, 5.74) is 5.04. The van der Waals surface area contributed by atoms with Gasteiger partial charge in [0.1, 0.15) is 0 Å². The van der Waals surface area contributed by atoms with Crippen LogP contribution in [0.2, 0.25) is 0 Å². The number of nitrogens with two attached hydrogens (primary N) is 1. The minimum absolute atomic E-state index is 0.0264. The number of piperidine rings is 1. The monoisotopic (exact) mass is 421 g/mol. The fourth-order valence-corrected chi connectivity index (χ4v) is 3.48. The van der Waals surface area contributed by atoms with E-state index >= 15 is 0 Å². The van der Waals surface area contributed by atoms with Gasteiger partial charge < -0.3 is 15.5 Å². The topological polar surface area (TPSA) is 108 Å². The van der Waals surface area contributed by atoms with Crippen molar-refractivity contribution in [2.45, 2.75) is 19.3 Å². The molecule has 1 aromatic heterocycles. The van der Waals surface area contributed by atoms with Gasteiger partial charge in [-0.2, -0.15) is 4.98 Å². The van der Waals surface area contributed by atoms with E-state index in [0.717, 1.165) is 25.0 Å². The lowest BCUT2D eigenvalue weighted by atomic mass is 10.1. The van der Waals surface area contributed by atoms with Gasteiger partial charge in [0.2, 0.25) is 5.95 Å². The number of carbonyl (C=O) groups is 1. The van der Waals surface area contributed by atoms with E-state index < -0.39 is 11.7 Å². The Hall–Kier alpha value is -3.72. The van der Waals surface area contributed by atoms with Crippen LogP contribution in [0.5, 0.6) is 0 Å². The van der Waals surface area contributed by atoms with Crippen molar-refractivity contribution in [1.82, 2.24) is 15.4 Å². The van der Waals surface area contributed by atoms with Crippen molar-refractivity contribution in [3.63, 3.8) is 0 Å². The van der Waals surface area contributed by atoms with Crippen LogP contribution >= 0.6 is 0 Å². The molecule has 1 amide bonds. The number of hydrogen-bond acceptors (Lipinski definition) is 7. The summed E-state index contributed by atoms with van der Waals surface area (Å²) in [4.78, 5) is 22.2. The van der Waals surface area contributed by atoms with Crippen molar-refractivity contribution in [3.05, 3.63) is 66.1 Å². The molecule has 1 aliphatic heterocycles. The van der Waals surface area contributed by atoms with E-state index in [1.54, 1.807) is 24.3 Å². The maximum absolute atomic E-state index is 14.2. The second-order valence-electron chi connectivity index (χ2n) is 7.29. The average Bonchev–Trinajstić information content (AvgIpc) is 2.82. The van der Waals surface area contributed by atoms with Crippen LogP contribution in [0.15, 0.2) is 54.7 Å². The molecule has 0 aliphatic carbocycles. The zero-order valence-electron chi connectivity index (χ0n) is 16.9. The van der Waals surface area contributed by atoms with Crippen LogP contribution in [0.4, 0.5) is 33.2 Å². The summed E-state index contributed by atoms with van der Waals surface area (Å²) in [6, 6.07) is 14.5. The highest BCUT2D eigenvalue weighted by atomic mass is 19.1. The lowest BCUT2D eigenvalue weighted by Crippen LogP contribution is -2.29. The van der Waals surface area contributed by atoms with E-state index in [9.17, 15) is 9.18 Å². The van der Waals surface area contributed by atoms with Gasteiger partial charge in [-0.1, -0.05) is 0 Å². The van der Waals surface area contributed by atoms with E-state index in [4.69, 9.17) is 5.84 Å². The summed E-state index contributed by atoms with van der Waals surface area (Å²) in [5, 5.41) is 6.00. The molecule has 3 aromatic rings. The molecule has 0 bridgehead atoms. The lowest BCUT2D eigenvalue weighted by Gasteiger charge is -2.28. The smallest absolute Gasteiger partial charge is 0.265 e. The summed E-state index contributed by atoms with van der Waals surface area (Å²) in [5.74, 6) is 4.43. The number of halogens is 1. The Balaban J connectivity index is 1.44. The maximum atomic E-state index is 14.2. The quantitative estimate of drug-likeness (QED) is 0.273.